The Morgan fingerprint density at radius 3 is 2.72 bits per heavy atom. The van der Waals surface area contributed by atoms with Crippen molar-refractivity contribution in [2.75, 3.05) is 0 Å². The fraction of sp³-hybridized carbons (Fsp3) is 0.192. The van der Waals surface area contributed by atoms with Gasteiger partial charge in [-0.15, -0.1) is 11.3 Å². The lowest BCUT2D eigenvalue weighted by Gasteiger charge is -2.13. The molecule has 0 aliphatic heterocycles. The zero-order valence-electron chi connectivity index (χ0n) is 18.0. The number of fused-ring (bicyclic) bond motifs is 3. The minimum absolute atomic E-state index is 0.0254. The maximum Gasteiger partial charge on any atom is 0.272 e. The molecule has 0 bridgehead atoms. The highest BCUT2D eigenvalue weighted by Gasteiger charge is 2.17. The Hall–Kier alpha value is -2.96. The highest BCUT2D eigenvalue weighted by atomic mass is 32.2. The van der Waals surface area contributed by atoms with Gasteiger partial charge in [-0.2, -0.15) is 0 Å². The Morgan fingerprint density at radius 1 is 1.03 bits per heavy atom. The summed E-state index contributed by atoms with van der Waals surface area (Å²) in [7, 11) is 0. The van der Waals surface area contributed by atoms with Gasteiger partial charge in [0.05, 0.1) is 5.52 Å². The van der Waals surface area contributed by atoms with Crippen LogP contribution in [0.4, 0.5) is 0 Å². The summed E-state index contributed by atoms with van der Waals surface area (Å²) in [5.74, 6) is 0.775. The Balaban J connectivity index is 1.58. The van der Waals surface area contributed by atoms with Crippen LogP contribution in [0, 0.1) is 13.8 Å². The van der Waals surface area contributed by atoms with Crippen LogP contribution in [0.25, 0.3) is 20.4 Å². The number of aromatic nitrogens is 3. The molecule has 0 N–H and O–H groups in total. The van der Waals surface area contributed by atoms with E-state index in [0.29, 0.717) is 11.2 Å². The van der Waals surface area contributed by atoms with E-state index in [9.17, 15) is 4.79 Å². The van der Waals surface area contributed by atoms with Crippen molar-refractivity contribution in [3.05, 3.63) is 99.5 Å². The molecule has 0 fully saturated rings. The van der Waals surface area contributed by atoms with Crippen molar-refractivity contribution in [2.45, 2.75) is 37.7 Å². The standard InChI is InChI=1S/C26H23N3OS2/c1-17-10-11-18(2)20(15-17)16-31-26-28-22-21-9-6-13-27-24(21)32-23(22)25(30)29(26)14-12-19-7-4-3-5-8-19/h3-11,13,15H,12,14,16H2,1-2H3. The topological polar surface area (TPSA) is 47.8 Å². The number of thiophene rings is 1. The highest BCUT2D eigenvalue weighted by molar-refractivity contribution is 7.98. The van der Waals surface area contributed by atoms with Gasteiger partial charge in [0.1, 0.15) is 9.53 Å². The monoisotopic (exact) mass is 457 g/mol. The lowest BCUT2D eigenvalue weighted by molar-refractivity contribution is 0.596. The third kappa shape index (κ3) is 4.08. The van der Waals surface area contributed by atoms with Crippen LogP contribution in [0.3, 0.4) is 0 Å². The van der Waals surface area contributed by atoms with Crippen LogP contribution in [0.5, 0.6) is 0 Å². The first-order valence-electron chi connectivity index (χ1n) is 10.6. The number of nitrogens with zero attached hydrogens (tertiary/aromatic N) is 3. The Labute approximate surface area is 195 Å². The Kier molecular flexibility index (Phi) is 5.81. The molecule has 32 heavy (non-hydrogen) atoms. The molecule has 0 aliphatic rings. The van der Waals surface area contributed by atoms with Gasteiger partial charge in [-0.05, 0) is 49.1 Å². The zero-order chi connectivity index (χ0) is 22.1. The molecule has 0 radical (unpaired) electrons. The number of hydrogen-bond donors (Lipinski definition) is 0. The van der Waals surface area contributed by atoms with E-state index in [1.165, 1.54) is 33.6 Å². The molecule has 160 valence electrons. The van der Waals surface area contributed by atoms with E-state index in [-0.39, 0.29) is 5.56 Å². The molecule has 3 heterocycles. The van der Waals surface area contributed by atoms with Crippen LogP contribution >= 0.6 is 23.1 Å². The van der Waals surface area contributed by atoms with Crippen LogP contribution in [-0.2, 0) is 18.7 Å². The number of benzene rings is 2. The van der Waals surface area contributed by atoms with Crippen molar-refractivity contribution in [2.24, 2.45) is 0 Å². The average Bonchev–Trinajstić information content (AvgIpc) is 3.19. The number of hydrogen-bond acceptors (Lipinski definition) is 5. The highest BCUT2D eigenvalue weighted by Crippen LogP contribution is 2.31. The first-order chi connectivity index (χ1) is 15.6. The largest absolute Gasteiger partial charge is 0.286 e. The molecule has 6 heteroatoms. The molecule has 0 saturated heterocycles. The summed E-state index contributed by atoms with van der Waals surface area (Å²) in [5, 5.41) is 1.72. The average molecular weight is 458 g/mol. The summed E-state index contributed by atoms with van der Waals surface area (Å²) < 4.78 is 2.53. The third-order valence-corrected chi connectivity index (χ3v) is 7.76. The molecule has 2 aromatic carbocycles. The van der Waals surface area contributed by atoms with Gasteiger partial charge in [0.2, 0.25) is 0 Å². The second-order valence-electron chi connectivity index (χ2n) is 7.94. The number of rotatable bonds is 6. The van der Waals surface area contributed by atoms with Crippen molar-refractivity contribution in [3.8, 4) is 0 Å². The van der Waals surface area contributed by atoms with E-state index in [1.807, 2.05) is 34.9 Å². The number of pyridine rings is 1. The van der Waals surface area contributed by atoms with Crippen molar-refractivity contribution < 1.29 is 0 Å². The molecule has 5 aromatic rings. The number of thioether (sulfide) groups is 1. The van der Waals surface area contributed by atoms with E-state index in [0.717, 1.165) is 33.1 Å². The molecule has 0 spiro atoms. The molecule has 0 aliphatic carbocycles. The van der Waals surface area contributed by atoms with Crippen LogP contribution in [0.15, 0.2) is 76.8 Å². The van der Waals surface area contributed by atoms with Crippen LogP contribution < -0.4 is 5.56 Å². The summed E-state index contributed by atoms with van der Waals surface area (Å²) in [6.07, 6.45) is 2.55. The molecule has 0 amide bonds. The van der Waals surface area contributed by atoms with Gasteiger partial charge in [0.25, 0.3) is 5.56 Å². The second kappa shape index (κ2) is 8.88. The lowest BCUT2D eigenvalue weighted by Crippen LogP contribution is -2.23. The van der Waals surface area contributed by atoms with Crippen molar-refractivity contribution in [1.29, 1.82) is 0 Å². The maximum atomic E-state index is 13.6. The van der Waals surface area contributed by atoms with Gasteiger partial charge in [0.15, 0.2) is 5.16 Å². The summed E-state index contributed by atoms with van der Waals surface area (Å²) in [4.78, 5) is 23.9. The minimum atomic E-state index is 0.0254. The predicted octanol–water partition coefficient (Wildman–Crippen LogP) is 6.16. The summed E-state index contributed by atoms with van der Waals surface area (Å²) in [6, 6.07) is 20.7. The molecule has 3 aromatic heterocycles. The first-order valence-corrected chi connectivity index (χ1v) is 12.4. The second-order valence-corrected chi connectivity index (χ2v) is 9.88. The number of aryl methyl sites for hydroxylation is 3. The van der Waals surface area contributed by atoms with Crippen molar-refractivity contribution >= 4 is 43.5 Å². The quantitative estimate of drug-likeness (QED) is 0.226. The van der Waals surface area contributed by atoms with Crippen LogP contribution in [0.2, 0.25) is 0 Å². The van der Waals surface area contributed by atoms with Crippen LogP contribution in [-0.4, -0.2) is 14.5 Å². The fourth-order valence-corrected chi connectivity index (χ4v) is 5.94. The molecular formula is C26H23N3OS2. The Bertz CT molecular complexity index is 1470. The van der Waals surface area contributed by atoms with E-state index >= 15 is 0 Å². The SMILES string of the molecule is Cc1ccc(C)c(CSc2nc3c(sc4ncccc43)c(=O)n2CCc2ccccc2)c1. The zero-order valence-corrected chi connectivity index (χ0v) is 19.7. The van der Waals surface area contributed by atoms with E-state index < -0.39 is 0 Å². The van der Waals surface area contributed by atoms with E-state index in [2.05, 4.69) is 49.2 Å². The van der Waals surface area contributed by atoms with Crippen molar-refractivity contribution in [3.63, 3.8) is 0 Å². The van der Waals surface area contributed by atoms with Gasteiger partial charge >= 0.3 is 0 Å². The Morgan fingerprint density at radius 2 is 1.88 bits per heavy atom. The molecule has 5 rings (SSSR count). The van der Waals surface area contributed by atoms with Gasteiger partial charge in [0, 0.05) is 23.9 Å². The summed E-state index contributed by atoms with van der Waals surface area (Å²) >= 11 is 3.07. The smallest absolute Gasteiger partial charge is 0.272 e. The van der Waals surface area contributed by atoms with E-state index in [4.69, 9.17) is 4.98 Å². The summed E-state index contributed by atoms with van der Waals surface area (Å²) in [5.41, 5.74) is 5.78. The van der Waals surface area contributed by atoms with Crippen LogP contribution in [0.1, 0.15) is 22.3 Å². The van der Waals surface area contributed by atoms with Gasteiger partial charge in [-0.3, -0.25) is 9.36 Å². The molecular weight excluding hydrogens is 434 g/mol. The molecule has 4 nitrogen and oxygen atoms in total. The minimum Gasteiger partial charge on any atom is -0.286 e. The van der Waals surface area contributed by atoms with Crippen molar-refractivity contribution in [1.82, 2.24) is 14.5 Å². The van der Waals surface area contributed by atoms with Gasteiger partial charge in [-0.1, -0.05) is 65.9 Å². The normalized spacial score (nSPS) is 11.4. The first kappa shape index (κ1) is 20.9. The predicted molar refractivity (Wildman–Crippen MR) is 135 cm³/mol. The summed E-state index contributed by atoms with van der Waals surface area (Å²) in [6.45, 7) is 4.84. The maximum absolute atomic E-state index is 13.6. The molecule has 0 saturated carbocycles. The molecule has 0 atom stereocenters. The third-order valence-electron chi connectivity index (χ3n) is 5.65. The van der Waals surface area contributed by atoms with Gasteiger partial charge < -0.3 is 0 Å². The van der Waals surface area contributed by atoms with E-state index in [1.54, 1.807) is 18.0 Å². The fourth-order valence-electron chi connectivity index (χ4n) is 3.83. The lowest BCUT2D eigenvalue weighted by atomic mass is 10.1. The van der Waals surface area contributed by atoms with Gasteiger partial charge in [-0.25, -0.2) is 9.97 Å². The molecule has 0 unspecified atom stereocenters.